The van der Waals surface area contributed by atoms with E-state index in [4.69, 9.17) is 4.98 Å². The number of aromatic nitrogens is 3. The molecule has 186 valence electrons. The lowest BCUT2D eigenvalue weighted by atomic mass is 9.78. The minimum atomic E-state index is -0.245. The third-order valence-electron chi connectivity index (χ3n) is 7.38. The van der Waals surface area contributed by atoms with E-state index in [1.807, 2.05) is 36.5 Å². The first-order valence-corrected chi connectivity index (χ1v) is 13.5. The first-order valence-electron chi connectivity index (χ1n) is 12.6. The summed E-state index contributed by atoms with van der Waals surface area (Å²) in [6.45, 7) is 5.11. The Morgan fingerprint density at radius 2 is 1.81 bits per heavy atom. The normalized spacial score (nSPS) is 19.9. The number of benzene rings is 2. The average molecular weight is 503 g/mol. The lowest BCUT2D eigenvalue weighted by Gasteiger charge is -2.34. The summed E-state index contributed by atoms with van der Waals surface area (Å²) in [6.07, 6.45) is 7.03. The zero-order chi connectivity index (χ0) is 25.1. The van der Waals surface area contributed by atoms with Crippen LogP contribution in [0.15, 0.2) is 72.1 Å². The third-order valence-corrected chi connectivity index (χ3v) is 8.42. The van der Waals surface area contributed by atoms with Crippen LogP contribution in [-0.2, 0) is 12.3 Å². The largest absolute Gasteiger partial charge is 0.349 e. The molecule has 0 bridgehead atoms. The van der Waals surface area contributed by atoms with Crippen LogP contribution in [0.2, 0.25) is 0 Å². The Hall–Kier alpha value is -3.19. The molecule has 1 N–H and O–H groups in total. The summed E-state index contributed by atoms with van der Waals surface area (Å²) in [5, 5.41) is 4.13. The number of carbonyl (C=O) groups excluding carboxylic acids is 1. The molecule has 36 heavy (non-hydrogen) atoms. The number of nitrogens with one attached hydrogen (secondary N) is 1. The van der Waals surface area contributed by atoms with Gasteiger partial charge in [-0.2, -0.15) is 0 Å². The van der Waals surface area contributed by atoms with Crippen LogP contribution in [0, 0.1) is 17.7 Å². The van der Waals surface area contributed by atoms with Gasteiger partial charge in [-0.05, 0) is 59.7 Å². The Labute approximate surface area is 215 Å². The maximum Gasteiger partial charge on any atom is 0.251 e. The first-order chi connectivity index (χ1) is 17.5. The molecule has 0 spiro atoms. The summed E-state index contributed by atoms with van der Waals surface area (Å²) in [5.74, 6) is 1.63. The second-order valence-corrected chi connectivity index (χ2v) is 10.7. The van der Waals surface area contributed by atoms with E-state index in [1.165, 1.54) is 25.0 Å². The van der Waals surface area contributed by atoms with Crippen molar-refractivity contribution in [2.75, 3.05) is 0 Å². The number of hydrogen-bond donors (Lipinski definition) is 1. The fourth-order valence-corrected chi connectivity index (χ4v) is 5.89. The lowest BCUT2D eigenvalue weighted by molar-refractivity contribution is 0.0891. The molecule has 1 amide bonds. The van der Waals surface area contributed by atoms with Crippen LogP contribution in [0.3, 0.4) is 0 Å². The van der Waals surface area contributed by atoms with Gasteiger partial charge in [0.15, 0.2) is 5.16 Å². The summed E-state index contributed by atoms with van der Waals surface area (Å²) >= 11 is 1.64. The van der Waals surface area contributed by atoms with Crippen molar-refractivity contribution in [3.8, 4) is 0 Å². The van der Waals surface area contributed by atoms with Crippen molar-refractivity contribution < 1.29 is 9.18 Å². The molecule has 5 rings (SSSR count). The molecule has 1 aliphatic carbocycles. The van der Waals surface area contributed by atoms with Crippen molar-refractivity contribution in [3.63, 3.8) is 0 Å². The van der Waals surface area contributed by atoms with E-state index in [-0.39, 0.29) is 17.8 Å². The zero-order valence-corrected chi connectivity index (χ0v) is 21.5. The summed E-state index contributed by atoms with van der Waals surface area (Å²) in [4.78, 5) is 21.9. The SMILES string of the molecule is CC1CCCC(NC(=O)c2ccc(CSc3nc4ccncc4n3Cc3ccc(F)cc3)cc2)C1C. The zero-order valence-electron chi connectivity index (χ0n) is 20.7. The Morgan fingerprint density at radius 3 is 2.58 bits per heavy atom. The first kappa shape index (κ1) is 24.5. The van der Waals surface area contributed by atoms with E-state index in [0.717, 1.165) is 39.5 Å². The fraction of sp³-hybridized carbons (Fsp3) is 0.345. The molecule has 1 fully saturated rings. The number of carbonyl (C=O) groups is 1. The highest BCUT2D eigenvalue weighted by molar-refractivity contribution is 7.98. The molecule has 3 unspecified atom stereocenters. The summed E-state index contributed by atoms with van der Waals surface area (Å²) in [7, 11) is 0. The molecule has 3 atom stereocenters. The molecule has 0 radical (unpaired) electrons. The second-order valence-electron chi connectivity index (χ2n) is 9.80. The lowest BCUT2D eigenvalue weighted by Crippen LogP contribution is -2.43. The number of thioether (sulfide) groups is 1. The van der Waals surface area contributed by atoms with Gasteiger partial charge in [0.2, 0.25) is 0 Å². The van der Waals surface area contributed by atoms with Crippen molar-refractivity contribution >= 4 is 28.7 Å². The van der Waals surface area contributed by atoms with Gasteiger partial charge in [-0.3, -0.25) is 9.78 Å². The maximum atomic E-state index is 13.4. The van der Waals surface area contributed by atoms with Crippen LogP contribution in [-0.4, -0.2) is 26.5 Å². The van der Waals surface area contributed by atoms with E-state index in [9.17, 15) is 9.18 Å². The van der Waals surface area contributed by atoms with Crippen molar-refractivity contribution in [2.45, 2.75) is 56.6 Å². The highest BCUT2D eigenvalue weighted by Gasteiger charge is 2.28. The molecule has 2 heterocycles. The topological polar surface area (TPSA) is 59.8 Å². The van der Waals surface area contributed by atoms with Crippen LogP contribution in [0.1, 0.15) is 54.6 Å². The molecule has 5 nitrogen and oxygen atoms in total. The molecule has 1 saturated carbocycles. The molecule has 2 aromatic heterocycles. The summed E-state index contributed by atoms with van der Waals surface area (Å²) < 4.78 is 15.5. The van der Waals surface area contributed by atoms with Gasteiger partial charge in [0, 0.05) is 23.6 Å². The molecular formula is C29H31FN4OS. The number of amides is 1. The number of imidazole rings is 1. The van der Waals surface area contributed by atoms with Crippen molar-refractivity contribution in [2.24, 2.45) is 11.8 Å². The molecule has 7 heteroatoms. The van der Waals surface area contributed by atoms with Crippen LogP contribution < -0.4 is 5.32 Å². The molecule has 2 aromatic carbocycles. The number of fused-ring (bicyclic) bond motifs is 1. The summed E-state index contributed by atoms with van der Waals surface area (Å²) in [5.41, 5.74) is 4.65. The molecular weight excluding hydrogens is 471 g/mol. The van der Waals surface area contributed by atoms with Crippen molar-refractivity contribution in [3.05, 3.63) is 89.5 Å². The Kier molecular flexibility index (Phi) is 7.37. The maximum absolute atomic E-state index is 13.4. The standard InChI is InChI=1S/C29H31FN4OS/c1-19-4-3-5-25(20(19)2)32-28(35)23-10-6-22(7-11-23)18-36-29-33-26-14-15-31-16-27(26)34(29)17-21-8-12-24(30)13-9-21/h6-16,19-20,25H,3-5,17-18H2,1-2H3,(H,32,35). The molecule has 4 aromatic rings. The number of rotatable bonds is 7. The van der Waals surface area contributed by atoms with Crippen LogP contribution in [0.25, 0.3) is 11.0 Å². The second kappa shape index (κ2) is 10.8. The van der Waals surface area contributed by atoms with Crippen LogP contribution in [0.5, 0.6) is 0 Å². The van der Waals surface area contributed by atoms with Gasteiger partial charge in [0.1, 0.15) is 5.82 Å². The quantitative estimate of drug-likeness (QED) is 0.295. The Bertz CT molecular complexity index is 1340. The fourth-order valence-electron chi connectivity index (χ4n) is 4.92. The Balaban J connectivity index is 1.27. The van der Waals surface area contributed by atoms with Crippen molar-refractivity contribution in [1.29, 1.82) is 0 Å². The predicted molar refractivity (Wildman–Crippen MR) is 142 cm³/mol. The van der Waals surface area contributed by atoms with E-state index < -0.39 is 0 Å². The molecule has 1 aliphatic rings. The molecule has 0 saturated heterocycles. The molecule has 0 aliphatic heterocycles. The van der Waals surface area contributed by atoms with Gasteiger partial charge in [-0.25, -0.2) is 9.37 Å². The smallest absolute Gasteiger partial charge is 0.251 e. The number of halogens is 1. The van der Waals surface area contributed by atoms with Gasteiger partial charge in [0.25, 0.3) is 5.91 Å². The number of nitrogens with zero attached hydrogens (tertiary/aromatic N) is 3. The minimum Gasteiger partial charge on any atom is -0.349 e. The highest BCUT2D eigenvalue weighted by atomic mass is 32.2. The average Bonchev–Trinajstić information content (AvgIpc) is 3.24. The number of hydrogen-bond acceptors (Lipinski definition) is 4. The number of pyridine rings is 1. The summed E-state index contributed by atoms with van der Waals surface area (Å²) in [6, 6.07) is 16.6. The minimum absolute atomic E-state index is 0.00810. The van der Waals surface area contributed by atoms with E-state index >= 15 is 0 Å². The van der Waals surface area contributed by atoms with E-state index in [1.54, 1.807) is 30.1 Å². The van der Waals surface area contributed by atoms with Gasteiger partial charge < -0.3 is 9.88 Å². The third kappa shape index (κ3) is 5.46. The van der Waals surface area contributed by atoms with Gasteiger partial charge >= 0.3 is 0 Å². The Morgan fingerprint density at radius 1 is 1.06 bits per heavy atom. The highest BCUT2D eigenvalue weighted by Crippen LogP contribution is 2.30. The van der Waals surface area contributed by atoms with Gasteiger partial charge in [0.05, 0.1) is 23.8 Å². The van der Waals surface area contributed by atoms with Crippen molar-refractivity contribution in [1.82, 2.24) is 19.9 Å². The van der Waals surface area contributed by atoms with E-state index in [0.29, 0.717) is 23.9 Å². The van der Waals surface area contributed by atoms with Crippen LogP contribution >= 0.6 is 11.8 Å². The van der Waals surface area contributed by atoms with Gasteiger partial charge in [-0.1, -0.05) is 62.7 Å². The van der Waals surface area contributed by atoms with E-state index in [2.05, 4.69) is 28.7 Å². The van der Waals surface area contributed by atoms with Crippen LogP contribution in [0.4, 0.5) is 4.39 Å². The monoisotopic (exact) mass is 502 g/mol. The predicted octanol–water partition coefficient (Wildman–Crippen LogP) is 6.47. The van der Waals surface area contributed by atoms with Gasteiger partial charge in [-0.15, -0.1) is 0 Å².